The summed E-state index contributed by atoms with van der Waals surface area (Å²) in [5.41, 5.74) is 1.67. The lowest BCUT2D eigenvalue weighted by molar-refractivity contribution is -0.137. The van der Waals surface area contributed by atoms with E-state index in [0.717, 1.165) is 23.2 Å². The standard InChI is InChI=1S/C27H28F3N3O3/c1-31(16-22-4-3-13-36-22)26(34)23-15-18-14-19(27(28,29)30)5-10-24(18)33-12-11-32(17-25(23)33)20-6-8-21(35-2)9-7-20/h3-10,13-14,23,25H,11-12,15-17H2,1-2H3/t23-,25-/m1/s1. The summed E-state index contributed by atoms with van der Waals surface area (Å²) < 4.78 is 51.1. The Labute approximate surface area is 207 Å². The normalized spacial score (nSPS) is 19.5. The number of furan rings is 1. The monoisotopic (exact) mass is 499 g/mol. The molecule has 1 aromatic heterocycles. The number of nitrogens with zero attached hydrogens (tertiary/aromatic N) is 3. The van der Waals surface area contributed by atoms with E-state index in [2.05, 4.69) is 9.80 Å². The Balaban J connectivity index is 1.46. The lowest BCUT2D eigenvalue weighted by Gasteiger charge is -2.50. The number of amides is 1. The van der Waals surface area contributed by atoms with E-state index in [0.29, 0.717) is 37.5 Å². The van der Waals surface area contributed by atoms with Gasteiger partial charge in [0.25, 0.3) is 0 Å². The number of fused-ring (bicyclic) bond motifs is 3. The lowest BCUT2D eigenvalue weighted by atomic mass is 9.82. The number of halogens is 3. The number of rotatable bonds is 5. The van der Waals surface area contributed by atoms with Crippen LogP contribution in [0.2, 0.25) is 0 Å². The van der Waals surface area contributed by atoms with Gasteiger partial charge in [-0.2, -0.15) is 13.2 Å². The van der Waals surface area contributed by atoms with Gasteiger partial charge in [0.05, 0.1) is 37.4 Å². The summed E-state index contributed by atoms with van der Waals surface area (Å²) in [6.07, 6.45) is -2.63. The van der Waals surface area contributed by atoms with E-state index in [1.807, 2.05) is 24.3 Å². The Hall–Kier alpha value is -3.62. The first-order valence-electron chi connectivity index (χ1n) is 11.9. The average Bonchev–Trinajstić information content (AvgIpc) is 3.39. The Morgan fingerprint density at radius 1 is 1.14 bits per heavy atom. The van der Waals surface area contributed by atoms with Crippen LogP contribution in [-0.2, 0) is 23.9 Å². The molecule has 36 heavy (non-hydrogen) atoms. The number of hydrogen-bond donors (Lipinski definition) is 0. The quantitative estimate of drug-likeness (QED) is 0.503. The van der Waals surface area contributed by atoms with Crippen LogP contribution in [0.4, 0.5) is 24.5 Å². The molecule has 0 spiro atoms. The third kappa shape index (κ3) is 4.62. The molecule has 1 amide bonds. The highest BCUT2D eigenvalue weighted by molar-refractivity contribution is 5.82. The Morgan fingerprint density at radius 3 is 2.58 bits per heavy atom. The number of piperazine rings is 1. The number of alkyl halides is 3. The van der Waals surface area contributed by atoms with E-state index < -0.39 is 17.7 Å². The molecular formula is C27H28F3N3O3. The molecule has 2 aromatic carbocycles. The van der Waals surface area contributed by atoms with Crippen LogP contribution >= 0.6 is 0 Å². The van der Waals surface area contributed by atoms with Crippen LogP contribution in [0.15, 0.2) is 65.3 Å². The van der Waals surface area contributed by atoms with Gasteiger partial charge in [-0.05, 0) is 66.6 Å². The molecule has 0 unspecified atom stereocenters. The van der Waals surface area contributed by atoms with Gasteiger partial charge < -0.3 is 23.9 Å². The molecule has 2 atom stereocenters. The van der Waals surface area contributed by atoms with Crippen LogP contribution in [0.3, 0.4) is 0 Å². The summed E-state index contributed by atoms with van der Waals surface area (Å²) >= 11 is 0. The zero-order valence-corrected chi connectivity index (χ0v) is 20.2. The summed E-state index contributed by atoms with van der Waals surface area (Å²) in [6.45, 7) is 2.16. The second-order valence-corrected chi connectivity index (χ2v) is 9.33. The molecule has 9 heteroatoms. The third-order valence-corrected chi connectivity index (χ3v) is 7.14. The van der Waals surface area contributed by atoms with Gasteiger partial charge in [0.2, 0.25) is 5.91 Å². The highest BCUT2D eigenvalue weighted by Crippen LogP contribution is 2.40. The van der Waals surface area contributed by atoms with Crippen molar-refractivity contribution in [1.29, 1.82) is 0 Å². The molecule has 0 radical (unpaired) electrons. The SMILES string of the molecule is COc1ccc(N2CCN3c4ccc(C(F)(F)F)cc4C[C@@H](C(=O)N(C)Cc4ccco4)[C@H]3C2)cc1. The molecule has 3 heterocycles. The third-order valence-electron chi connectivity index (χ3n) is 7.14. The minimum absolute atomic E-state index is 0.110. The van der Waals surface area contributed by atoms with Crippen LogP contribution < -0.4 is 14.5 Å². The van der Waals surface area contributed by atoms with Crippen molar-refractivity contribution in [2.45, 2.75) is 25.2 Å². The topological polar surface area (TPSA) is 49.2 Å². The van der Waals surface area contributed by atoms with Gasteiger partial charge in [-0.25, -0.2) is 0 Å². The van der Waals surface area contributed by atoms with Crippen molar-refractivity contribution >= 4 is 17.3 Å². The molecule has 0 bridgehead atoms. The molecule has 2 aliphatic rings. The van der Waals surface area contributed by atoms with Crippen LogP contribution in [-0.4, -0.2) is 50.6 Å². The number of benzene rings is 2. The number of carbonyl (C=O) groups excluding carboxylic acids is 1. The van der Waals surface area contributed by atoms with E-state index in [4.69, 9.17) is 9.15 Å². The Kier molecular flexibility index (Phi) is 6.32. The van der Waals surface area contributed by atoms with Crippen molar-refractivity contribution in [2.24, 2.45) is 5.92 Å². The number of methoxy groups -OCH3 is 1. The van der Waals surface area contributed by atoms with Gasteiger partial charge in [-0.3, -0.25) is 4.79 Å². The van der Waals surface area contributed by atoms with Crippen molar-refractivity contribution in [3.8, 4) is 5.75 Å². The van der Waals surface area contributed by atoms with Gasteiger partial charge in [0.1, 0.15) is 11.5 Å². The average molecular weight is 500 g/mol. The summed E-state index contributed by atoms with van der Waals surface area (Å²) in [7, 11) is 3.33. The second-order valence-electron chi connectivity index (χ2n) is 9.33. The summed E-state index contributed by atoms with van der Waals surface area (Å²) in [6, 6.07) is 15.0. The molecule has 0 saturated carbocycles. The van der Waals surface area contributed by atoms with Gasteiger partial charge in [0.15, 0.2) is 0 Å². The van der Waals surface area contributed by atoms with Crippen molar-refractivity contribution < 1.29 is 27.1 Å². The van der Waals surface area contributed by atoms with Crippen LogP contribution in [0.1, 0.15) is 16.9 Å². The molecule has 0 N–H and O–H groups in total. The largest absolute Gasteiger partial charge is 0.497 e. The van der Waals surface area contributed by atoms with Crippen molar-refractivity contribution in [3.05, 3.63) is 77.7 Å². The van der Waals surface area contributed by atoms with Gasteiger partial charge >= 0.3 is 6.18 Å². The maximum Gasteiger partial charge on any atom is 0.416 e. The minimum atomic E-state index is -4.44. The van der Waals surface area contributed by atoms with Crippen LogP contribution in [0, 0.1) is 5.92 Å². The first-order chi connectivity index (χ1) is 17.2. The maximum atomic E-state index is 13.7. The zero-order valence-electron chi connectivity index (χ0n) is 20.2. The Bertz CT molecular complexity index is 1210. The van der Waals surface area contributed by atoms with Crippen molar-refractivity contribution in [3.63, 3.8) is 0 Å². The first kappa shape index (κ1) is 24.1. The summed E-state index contributed by atoms with van der Waals surface area (Å²) in [5, 5.41) is 0. The smallest absolute Gasteiger partial charge is 0.416 e. The number of carbonyl (C=O) groups is 1. The van der Waals surface area contributed by atoms with Crippen LogP contribution in [0.5, 0.6) is 5.75 Å². The number of anilines is 2. The van der Waals surface area contributed by atoms with Crippen molar-refractivity contribution in [2.75, 3.05) is 43.6 Å². The fraction of sp³-hybridized carbons (Fsp3) is 0.370. The van der Waals surface area contributed by atoms with E-state index in [1.165, 1.54) is 6.07 Å². The van der Waals surface area contributed by atoms with E-state index in [1.54, 1.807) is 43.5 Å². The van der Waals surface area contributed by atoms with E-state index in [9.17, 15) is 18.0 Å². The van der Waals surface area contributed by atoms with Crippen molar-refractivity contribution in [1.82, 2.24) is 4.90 Å². The molecule has 0 aliphatic carbocycles. The molecular weight excluding hydrogens is 471 g/mol. The predicted octanol–water partition coefficient (Wildman–Crippen LogP) is 4.83. The first-order valence-corrected chi connectivity index (χ1v) is 11.9. The molecule has 6 nitrogen and oxygen atoms in total. The second kappa shape index (κ2) is 9.44. The maximum absolute atomic E-state index is 13.7. The predicted molar refractivity (Wildman–Crippen MR) is 130 cm³/mol. The molecule has 1 fully saturated rings. The van der Waals surface area contributed by atoms with Gasteiger partial charge in [-0.15, -0.1) is 0 Å². The lowest BCUT2D eigenvalue weighted by Crippen LogP contribution is -2.61. The Morgan fingerprint density at radius 2 is 1.92 bits per heavy atom. The molecule has 2 aliphatic heterocycles. The molecule has 190 valence electrons. The fourth-order valence-electron chi connectivity index (χ4n) is 5.31. The van der Waals surface area contributed by atoms with E-state index >= 15 is 0 Å². The minimum Gasteiger partial charge on any atom is -0.497 e. The van der Waals surface area contributed by atoms with Crippen LogP contribution in [0.25, 0.3) is 0 Å². The van der Waals surface area contributed by atoms with E-state index in [-0.39, 0.29) is 18.4 Å². The molecule has 1 saturated heterocycles. The summed E-state index contributed by atoms with van der Waals surface area (Å²) in [5.74, 6) is 0.807. The number of ether oxygens (including phenoxy) is 1. The van der Waals surface area contributed by atoms with Gasteiger partial charge in [0, 0.05) is 38.1 Å². The fourth-order valence-corrected chi connectivity index (χ4v) is 5.31. The highest BCUT2D eigenvalue weighted by atomic mass is 19.4. The van der Waals surface area contributed by atoms with Gasteiger partial charge in [-0.1, -0.05) is 0 Å². The highest BCUT2D eigenvalue weighted by Gasteiger charge is 2.43. The number of hydrogen-bond acceptors (Lipinski definition) is 5. The zero-order chi connectivity index (χ0) is 25.4. The summed E-state index contributed by atoms with van der Waals surface area (Å²) in [4.78, 5) is 19.6. The molecule has 5 rings (SSSR count). The molecule has 3 aromatic rings.